The molecule has 4 atom stereocenters. The SMILES string of the molecule is CC(C)(C)C1OC(CF)CC(F)C1O. The molecule has 0 aromatic heterocycles. The Morgan fingerprint density at radius 2 is 2.00 bits per heavy atom. The van der Waals surface area contributed by atoms with Gasteiger partial charge in [0.1, 0.15) is 19.0 Å². The molecule has 0 saturated carbocycles. The van der Waals surface area contributed by atoms with Gasteiger partial charge in [-0.05, 0) is 5.41 Å². The number of aliphatic hydroxyl groups is 1. The summed E-state index contributed by atoms with van der Waals surface area (Å²) in [5.74, 6) is 0. The molecule has 0 aromatic carbocycles. The quantitative estimate of drug-likeness (QED) is 0.712. The first-order valence-corrected chi connectivity index (χ1v) is 4.90. The van der Waals surface area contributed by atoms with Crippen molar-refractivity contribution in [1.82, 2.24) is 0 Å². The topological polar surface area (TPSA) is 29.5 Å². The van der Waals surface area contributed by atoms with E-state index in [1.165, 1.54) is 0 Å². The van der Waals surface area contributed by atoms with Crippen LogP contribution in [-0.4, -0.2) is 36.3 Å². The normalized spacial score (nSPS) is 39.9. The first kappa shape index (κ1) is 11.9. The monoisotopic (exact) mass is 208 g/mol. The van der Waals surface area contributed by atoms with Crippen molar-refractivity contribution in [1.29, 1.82) is 0 Å². The number of alkyl halides is 2. The molecule has 1 rings (SSSR count). The summed E-state index contributed by atoms with van der Waals surface area (Å²) in [6.07, 6.45) is -3.92. The number of halogens is 2. The van der Waals surface area contributed by atoms with Gasteiger partial charge in [-0.1, -0.05) is 20.8 Å². The first-order chi connectivity index (χ1) is 6.36. The summed E-state index contributed by atoms with van der Waals surface area (Å²) in [4.78, 5) is 0. The lowest BCUT2D eigenvalue weighted by Gasteiger charge is -2.42. The third-order valence-corrected chi connectivity index (χ3v) is 2.53. The number of rotatable bonds is 1. The van der Waals surface area contributed by atoms with Gasteiger partial charge in [0.25, 0.3) is 0 Å². The van der Waals surface area contributed by atoms with Gasteiger partial charge >= 0.3 is 0 Å². The van der Waals surface area contributed by atoms with Crippen LogP contribution in [0.15, 0.2) is 0 Å². The van der Waals surface area contributed by atoms with Crippen molar-refractivity contribution in [3.05, 3.63) is 0 Å². The van der Waals surface area contributed by atoms with Gasteiger partial charge in [0, 0.05) is 6.42 Å². The van der Waals surface area contributed by atoms with Crippen molar-refractivity contribution in [2.75, 3.05) is 6.67 Å². The minimum atomic E-state index is -1.38. The molecule has 0 amide bonds. The van der Waals surface area contributed by atoms with Crippen LogP contribution in [0.1, 0.15) is 27.2 Å². The highest BCUT2D eigenvalue weighted by Gasteiger charge is 2.43. The molecular weight excluding hydrogens is 190 g/mol. The highest BCUT2D eigenvalue weighted by atomic mass is 19.1. The maximum Gasteiger partial charge on any atom is 0.131 e. The van der Waals surface area contributed by atoms with E-state index in [1.807, 2.05) is 20.8 Å². The zero-order chi connectivity index (χ0) is 10.9. The lowest BCUT2D eigenvalue weighted by Crippen LogP contribution is -2.52. The van der Waals surface area contributed by atoms with E-state index in [4.69, 9.17) is 4.74 Å². The van der Waals surface area contributed by atoms with Crippen LogP contribution in [0.25, 0.3) is 0 Å². The van der Waals surface area contributed by atoms with Crippen LogP contribution in [-0.2, 0) is 4.74 Å². The largest absolute Gasteiger partial charge is 0.387 e. The molecule has 0 aliphatic carbocycles. The molecule has 0 bridgehead atoms. The Kier molecular flexibility index (Phi) is 3.48. The average molecular weight is 208 g/mol. The minimum Gasteiger partial charge on any atom is -0.387 e. The summed E-state index contributed by atoms with van der Waals surface area (Å²) < 4.78 is 31.0. The van der Waals surface area contributed by atoms with Crippen LogP contribution >= 0.6 is 0 Å². The molecule has 0 aromatic rings. The third kappa shape index (κ3) is 2.42. The molecule has 2 nitrogen and oxygen atoms in total. The van der Waals surface area contributed by atoms with E-state index in [2.05, 4.69) is 0 Å². The van der Waals surface area contributed by atoms with E-state index < -0.39 is 31.2 Å². The van der Waals surface area contributed by atoms with Crippen LogP contribution < -0.4 is 0 Å². The number of hydrogen-bond donors (Lipinski definition) is 1. The van der Waals surface area contributed by atoms with Crippen molar-refractivity contribution in [2.24, 2.45) is 5.41 Å². The number of aliphatic hydroxyl groups excluding tert-OH is 1. The fourth-order valence-corrected chi connectivity index (χ4v) is 1.74. The Hall–Kier alpha value is -0.220. The summed E-state index contributed by atoms with van der Waals surface area (Å²) in [5, 5.41) is 9.56. The summed E-state index contributed by atoms with van der Waals surface area (Å²) in [5.41, 5.74) is -0.377. The van der Waals surface area contributed by atoms with E-state index in [-0.39, 0.29) is 11.8 Å². The summed E-state index contributed by atoms with van der Waals surface area (Å²) in [6, 6.07) is 0. The fraction of sp³-hybridized carbons (Fsp3) is 1.00. The number of hydrogen-bond acceptors (Lipinski definition) is 2. The first-order valence-electron chi connectivity index (χ1n) is 4.90. The molecule has 1 aliphatic rings. The fourth-order valence-electron chi connectivity index (χ4n) is 1.74. The molecule has 1 aliphatic heterocycles. The molecule has 1 N–H and O–H groups in total. The van der Waals surface area contributed by atoms with E-state index >= 15 is 0 Å². The van der Waals surface area contributed by atoms with Gasteiger partial charge in [-0.15, -0.1) is 0 Å². The van der Waals surface area contributed by atoms with Crippen LogP contribution in [0.3, 0.4) is 0 Å². The molecule has 84 valence electrons. The van der Waals surface area contributed by atoms with Crippen LogP contribution in [0.2, 0.25) is 0 Å². The second kappa shape index (κ2) is 4.11. The third-order valence-electron chi connectivity index (χ3n) is 2.53. The van der Waals surface area contributed by atoms with E-state index in [9.17, 15) is 13.9 Å². The van der Waals surface area contributed by atoms with Gasteiger partial charge in [0.15, 0.2) is 0 Å². The van der Waals surface area contributed by atoms with Crippen LogP contribution in [0.4, 0.5) is 8.78 Å². The maximum atomic E-state index is 13.3. The summed E-state index contributed by atoms with van der Waals surface area (Å²) in [6.45, 7) is 4.83. The number of ether oxygens (including phenoxy) is 1. The molecule has 1 fully saturated rings. The second-order valence-corrected chi connectivity index (χ2v) is 4.94. The minimum absolute atomic E-state index is 0.0513. The van der Waals surface area contributed by atoms with Crippen molar-refractivity contribution < 1.29 is 18.6 Å². The molecule has 14 heavy (non-hydrogen) atoms. The van der Waals surface area contributed by atoms with Crippen molar-refractivity contribution in [3.63, 3.8) is 0 Å². The smallest absolute Gasteiger partial charge is 0.131 e. The van der Waals surface area contributed by atoms with Gasteiger partial charge < -0.3 is 9.84 Å². The lowest BCUT2D eigenvalue weighted by atomic mass is 9.81. The molecule has 1 heterocycles. The Bertz CT molecular complexity index is 191. The Morgan fingerprint density at radius 3 is 2.43 bits per heavy atom. The van der Waals surface area contributed by atoms with Gasteiger partial charge in [-0.25, -0.2) is 8.78 Å². The van der Waals surface area contributed by atoms with Gasteiger partial charge in [0.05, 0.1) is 12.2 Å². The lowest BCUT2D eigenvalue weighted by molar-refractivity contribution is -0.187. The zero-order valence-electron chi connectivity index (χ0n) is 8.84. The molecular formula is C10H18F2O2. The van der Waals surface area contributed by atoms with E-state index in [0.717, 1.165) is 0 Å². The van der Waals surface area contributed by atoms with Gasteiger partial charge in [0.2, 0.25) is 0 Å². The molecule has 0 radical (unpaired) electrons. The van der Waals surface area contributed by atoms with Crippen LogP contribution in [0, 0.1) is 5.41 Å². The van der Waals surface area contributed by atoms with Gasteiger partial charge in [-0.2, -0.15) is 0 Å². The van der Waals surface area contributed by atoms with Crippen molar-refractivity contribution >= 4 is 0 Å². The van der Waals surface area contributed by atoms with Crippen LogP contribution in [0.5, 0.6) is 0 Å². The maximum absolute atomic E-state index is 13.3. The highest BCUT2D eigenvalue weighted by Crippen LogP contribution is 2.33. The Balaban J connectivity index is 2.73. The Labute approximate surface area is 83.3 Å². The average Bonchev–Trinajstić information content (AvgIpc) is 2.07. The molecule has 4 heteroatoms. The van der Waals surface area contributed by atoms with E-state index in [1.54, 1.807) is 0 Å². The summed E-state index contributed by atoms with van der Waals surface area (Å²) >= 11 is 0. The van der Waals surface area contributed by atoms with Crippen molar-refractivity contribution in [3.8, 4) is 0 Å². The van der Waals surface area contributed by atoms with Crippen molar-refractivity contribution in [2.45, 2.75) is 51.7 Å². The zero-order valence-corrected chi connectivity index (χ0v) is 8.84. The standard InChI is InChI=1S/C10H18F2O2/c1-10(2,3)9-8(13)7(12)4-6(5-11)14-9/h6-9,13H,4-5H2,1-3H3. The predicted octanol–water partition coefficient (Wildman–Crippen LogP) is 1.86. The predicted molar refractivity (Wildman–Crippen MR) is 49.6 cm³/mol. The van der Waals surface area contributed by atoms with Gasteiger partial charge in [-0.3, -0.25) is 0 Å². The van der Waals surface area contributed by atoms with E-state index in [0.29, 0.717) is 0 Å². The molecule has 0 spiro atoms. The molecule has 1 saturated heterocycles. The molecule has 4 unspecified atom stereocenters. The Morgan fingerprint density at radius 1 is 1.43 bits per heavy atom. The highest BCUT2D eigenvalue weighted by molar-refractivity contribution is 4.91. The second-order valence-electron chi connectivity index (χ2n) is 4.94. The summed E-state index contributed by atoms with van der Waals surface area (Å²) in [7, 11) is 0.